The molecule has 20 heavy (non-hydrogen) atoms. The average molecular weight is 293 g/mol. The SMILES string of the molecule is Nc1nc(C(=O)Nc2cccc(OCC(=O)O)c2)cs1. The molecule has 8 heteroatoms. The van der Waals surface area contributed by atoms with Crippen LogP contribution in [0.1, 0.15) is 10.5 Å². The van der Waals surface area contributed by atoms with E-state index in [1.807, 2.05) is 0 Å². The van der Waals surface area contributed by atoms with E-state index in [1.165, 1.54) is 17.4 Å². The molecule has 0 spiro atoms. The van der Waals surface area contributed by atoms with Gasteiger partial charge in [0.1, 0.15) is 11.4 Å². The van der Waals surface area contributed by atoms with Crippen LogP contribution in [0.25, 0.3) is 0 Å². The number of nitrogens with two attached hydrogens (primary N) is 1. The maximum atomic E-state index is 11.8. The molecule has 104 valence electrons. The largest absolute Gasteiger partial charge is 0.482 e. The summed E-state index contributed by atoms with van der Waals surface area (Å²) >= 11 is 1.17. The number of carboxylic acids is 1. The van der Waals surface area contributed by atoms with Crippen LogP contribution in [0.4, 0.5) is 10.8 Å². The van der Waals surface area contributed by atoms with Gasteiger partial charge in [0.05, 0.1) is 0 Å². The number of ether oxygens (including phenoxy) is 1. The highest BCUT2D eigenvalue weighted by Crippen LogP contribution is 2.19. The number of hydrogen-bond acceptors (Lipinski definition) is 6. The van der Waals surface area contributed by atoms with Gasteiger partial charge >= 0.3 is 5.97 Å². The zero-order valence-corrected chi connectivity index (χ0v) is 11.0. The van der Waals surface area contributed by atoms with Crippen molar-refractivity contribution >= 4 is 34.0 Å². The lowest BCUT2D eigenvalue weighted by Gasteiger charge is -2.06. The van der Waals surface area contributed by atoms with Crippen molar-refractivity contribution in [2.24, 2.45) is 0 Å². The van der Waals surface area contributed by atoms with Crippen molar-refractivity contribution in [2.45, 2.75) is 0 Å². The lowest BCUT2D eigenvalue weighted by Crippen LogP contribution is -2.13. The van der Waals surface area contributed by atoms with Crippen molar-refractivity contribution in [1.82, 2.24) is 4.98 Å². The molecular formula is C12H11N3O4S. The Morgan fingerprint density at radius 3 is 2.90 bits per heavy atom. The highest BCUT2D eigenvalue weighted by molar-refractivity contribution is 7.13. The van der Waals surface area contributed by atoms with Gasteiger partial charge in [-0.05, 0) is 12.1 Å². The van der Waals surface area contributed by atoms with Gasteiger partial charge in [-0.15, -0.1) is 11.3 Å². The lowest BCUT2D eigenvalue weighted by molar-refractivity contribution is -0.139. The van der Waals surface area contributed by atoms with Crippen LogP contribution in [0.15, 0.2) is 29.6 Å². The standard InChI is InChI=1S/C12H11N3O4S/c13-12-15-9(6-20-12)11(18)14-7-2-1-3-8(4-7)19-5-10(16)17/h1-4,6H,5H2,(H2,13,15)(H,14,18)(H,16,17). The first kappa shape index (κ1) is 13.8. The third-order valence-corrected chi connectivity index (χ3v) is 2.88. The molecule has 0 aliphatic rings. The Morgan fingerprint density at radius 1 is 1.45 bits per heavy atom. The summed E-state index contributed by atoms with van der Waals surface area (Å²) in [5.41, 5.74) is 6.16. The quantitative estimate of drug-likeness (QED) is 0.768. The van der Waals surface area contributed by atoms with Crippen molar-refractivity contribution in [1.29, 1.82) is 0 Å². The smallest absolute Gasteiger partial charge is 0.341 e. The Bertz CT molecular complexity index is 641. The van der Waals surface area contributed by atoms with E-state index in [1.54, 1.807) is 23.6 Å². The Morgan fingerprint density at radius 2 is 2.25 bits per heavy atom. The topological polar surface area (TPSA) is 115 Å². The van der Waals surface area contributed by atoms with Gasteiger partial charge in [0, 0.05) is 17.1 Å². The molecule has 4 N–H and O–H groups in total. The molecule has 0 saturated carbocycles. The van der Waals surface area contributed by atoms with Crippen LogP contribution in [-0.4, -0.2) is 28.6 Å². The van der Waals surface area contributed by atoms with Crippen molar-refractivity contribution < 1.29 is 19.4 Å². The molecule has 0 saturated heterocycles. The summed E-state index contributed by atoms with van der Waals surface area (Å²) < 4.78 is 5.02. The van der Waals surface area contributed by atoms with Gasteiger partial charge < -0.3 is 20.9 Å². The molecule has 1 aromatic carbocycles. The first-order valence-electron chi connectivity index (χ1n) is 5.51. The number of benzene rings is 1. The second kappa shape index (κ2) is 6.02. The van der Waals surface area contributed by atoms with Crippen molar-refractivity contribution in [3.63, 3.8) is 0 Å². The molecule has 0 fully saturated rings. The van der Waals surface area contributed by atoms with Crippen molar-refractivity contribution in [3.8, 4) is 5.75 Å². The molecule has 7 nitrogen and oxygen atoms in total. The minimum Gasteiger partial charge on any atom is -0.482 e. The van der Waals surface area contributed by atoms with E-state index in [4.69, 9.17) is 15.6 Å². The first-order valence-corrected chi connectivity index (χ1v) is 6.39. The Labute approximate surface area is 118 Å². The average Bonchev–Trinajstić information content (AvgIpc) is 2.84. The molecule has 1 amide bonds. The number of amides is 1. The summed E-state index contributed by atoms with van der Waals surface area (Å²) in [4.78, 5) is 26.1. The molecule has 1 heterocycles. The van der Waals surface area contributed by atoms with E-state index in [0.717, 1.165) is 0 Å². The van der Waals surface area contributed by atoms with Gasteiger partial charge in [0.2, 0.25) is 0 Å². The fourth-order valence-electron chi connectivity index (χ4n) is 1.40. The van der Waals surface area contributed by atoms with E-state index in [-0.39, 0.29) is 5.69 Å². The van der Waals surface area contributed by atoms with Crippen LogP contribution < -0.4 is 15.8 Å². The molecule has 0 aliphatic carbocycles. The third kappa shape index (κ3) is 3.69. The number of carboxylic acid groups (broad SMARTS) is 1. The summed E-state index contributed by atoms with van der Waals surface area (Å²) in [6.07, 6.45) is 0. The fraction of sp³-hybridized carbons (Fsp3) is 0.0833. The second-order valence-corrected chi connectivity index (χ2v) is 4.63. The number of hydrogen-bond donors (Lipinski definition) is 3. The fourth-order valence-corrected chi connectivity index (χ4v) is 1.94. The number of nitrogen functional groups attached to an aromatic ring is 1. The second-order valence-electron chi connectivity index (χ2n) is 3.74. The predicted molar refractivity (Wildman–Crippen MR) is 74.1 cm³/mol. The number of nitrogens with zero attached hydrogens (tertiary/aromatic N) is 1. The van der Waals surface area contributed by atoms with Crippen molar-refractivity contribution in [3.05, 3.63) is 35.3 Å². The van der Waals surface area contributed by atoms with Gasteiger partial charge in [-0.3, -0.25) is 4.79 Å². The highest BCUT2D eigenvalue weighted by Gasteiger charge is 2.10. The van der Waals surface area contributed by atoms with Gasteiger partial charge in [-0.2, -0.15) is 0 Å². The number of aliphatic carboxylic acids is 1. The summed E-state index contributed by atoms with van der Waals surface area (Å²) in [5.74, 6) is -1.12. The predicted octanol–water partition coefficient (Wildman–Crippen LogP) is 1.44. The normalized spacial score (nSPS) is 10.0. The van der Waals surface area contributed by atoms with Gasteiger partial charge in [0.25, 0.3) is 5.91 Å². The minimum absolute atomic E-state index is 0.226. The molecule has 2 rings (SSSR count). The maximum absolute atomic E-state index is 11.8. The Hall–Kier alpha value is -2.61. The van der Waals surface area contributed by atoms with Crippen LogP contribution >= 0.6 is 11.3 Å². The number of nitrogens with one attached hydrogen (secondary N) is 1. The van der Waals surface area contributed by atoms with E-state index >= 15 is 0 Å². The summed E-state index contributed by atoms with van der Waals surface area (Å²) in [6.45, 7) is -0.444. The number of thiazole rings is 1. The summed E-state index contributed by atoms with van der Waals surface area (Å²) in [7, 11) is 0. The maximum Gasteiger partial charge on any atom is 0.341 e. The molecule has 0 unspecified atom stereocenters. The van der Waals surface area contributed by atoms with E-state index in [9.17, 15) is 9.59 Å². The Kier molecular flexibility index (Phi) is 4.16. The van der Waals surface area contributed by atoms with Gasteiger partial charge in [-0.25, -0.2) is 9.78 Å². The summed E-state index contributed by atoms with van der Waals surface area (Å²) in [5, 5.41) is 13.0. The molecule has 0 aliphatic heterocycles. The van der Waals surface area contributed by atoms with Gasteiger partial charge in [0.15, 0.2) is 11.7 Å². The van der Waals surface area contributed by atoms with Crippen LogP contribution in [0.3, 0.4) is 0 Å². The van der Waals surface area contributed by atoms with E-state index in [2.05, 4.69) is 10.3 Å². The molecular weight excluding hydrogens is 282 g/mol. The molecule has 1 aromatic heterocycles. The number of aromatic nitrogens is 1. The van der Waals surface area contributed by atoms with Crippen molar-refractivity contribution in [2.75, 3.05) is 17.7 Å². The van der Waals surface area contributed by atoms with Gasteiger partial charge in [-0.1, -0.05) is 6.07 Å². The number of rotatable bonds is 5. The number of carbonyl (C=O) groups excluding carboxylic acids is 1. The molecule has 0 atom stereocenters. The molecule has 0 bridgehead atoms. The van der Waals surface area contributed by atoms with Crippen LogP contribution in [-0.2, 0) is 4.79 Å². The third-order valence-electron chi connectivity index (χ3n) is 2.21. The van der Waals surface area contributed by atoms with Crippen LogP contribution in [0, 0.1) is 0 Å². The van der Waals surface area contributed by atoms with Crippen LogP contribution in [0.2, 0.25) is 0 Å². The lowest BCUT2D eigenvalue weighted by atomic mass is 10.3. The van der Waals surface area contributed by atoms with Crippen LogP contribution in [0.5, 0.6) is 5.75 Å². The highest BCUT2D eigenvalue weighted by atomic mass is 32.1. The molecule has 0 radical (unpaired) electrons. The van der Waals surface area contributed by atoms with E-state index < -0.39 is 18.5 Å². The number of anilines is 2. The zero-order valence-electron chi connectivity index (χ0n) is 10.2. The summed E-state index contributed by atoms with van der Waals surface area (Å²) in [6, 6.07) is 6.42. The zero-order chi connectivity index (χ0) is 14.5. The molecule has 2 aromatic rings. The Balaban J connectivity index is 2.04. The first-order chi connectivity index (χ1) is 9.54. The van der Waals surface area contributed by atoms with E-state index in [0.29, 0.717) is 16.6 Å². The monoisotopic (exact) mass is 293 g/mol. The minimum atomic E-state index is -1.07. The number of carbonyl (C=O) groups is 2.